The number of nitrogens with zero attached hydrogens (tertiary/aromatic N) is 1. The highest BCUT2D eigenvalue weighted by Gasteiger charge is 2.09. The zero-order valence-electron chi connectivity index (χ0n) is 8.83. The Balaban J connectivity index is 2.38. The lowest BCUT2D eigenvalue weighted by Crippen LogP contribution is -2.08. The van der Waals surface area contributed by atoms with E-state index in [1.54, 1.807) is 0 Å². The topological polar surface area (TPSA) is 55.0 Å². The third-order valence-corrected chi connectivity index (χ3v) is 3.38. The van der Waals surface area contributed by atoms with Crippen molar-refractivity contribution >= 4 is 31.9 Å². The molecule has 0 spiro atoms. The lowest BCUT2D eigenvalue weighted by atomic mass is 10.2. The zero-order valence-corrected chi connectivity index (χ0v) is 12.0. The molecule has 2 rings (SSSR count). The molecule has 0 aliphatic carbocycles. The summed E-state index contributed by atoms with van der Waals surface area (Å²) in [6, 6.07) is 5.66. The summed E-state index contributed by atoms with van der Waals surface area (Å²) in [6.45, 7) is 1.98. The number of benzene rings is 1. The molecule has 17 heavy (non-hydrogen) atoms. The lowest BCUT2D eigenvalue weighted by molar-refractivity contribution is 0.454. The fourth-order valence-electron chi connectivity index (χ4n) is 1.23. The highest BCUT2D eigenvalue weighted by atomic mass is 79.9. The van der Waals surface area contributed by atoms with Gasteiger partial charge < -0.3 is 9.72 Å². The SMILES string of the molecule is Cc1ccc(Oc2nc[nH]c(=O)c2Br)c(Br)c1. The Morgan fingerprint density at radius 3 is 2.82 bits per heavy atom. The van der Waals surface area contributed by atoms with Crippen molar-refractivity contribution in [2.75, 3.05) is 0 Å². The van der Waals surface area contributed by atoms with Crippen molar-refractivity contribution in [3.63, 3.8) is 0 Å². The van der Waals surface area contributed by atoms with Crippen molar-refractivity contribution in [1.29, 1.82) is 0 Å². The maximum absolute atomic E-state index is 11.3. The smallest absolute Gasteiger partial charge is 0.268 e. The first-order chi connectivity index (χ1) is 8.08. The number of aromatic nitrogens is 2. The number of hydrogen-bond acceptors (Lipinski definition) is 3. The van der Waals surface area contributed by atoms with E-state index >= 15 is 0 Å². The van der Waals surface area contributed by atoms with E-state index in [1.807, 2.05) is 25.1 Å². The van der Waals surface area contributed by atoms with Gasteiger partial charge in [-0.3, -0.25) is 4.79 Å². The summed E-state index contributed by atoms with van der Waals surface area (Å²) in [4.78, 5) is 17.7. The Morgan fingerprint density at radius 2 is 2.12 bits per heavy atom. The molecule has 2 aromatic rings. The van der Waals surface area contributed by atoms with Crippen LogP contribution in [0.15, 0.2) is 38.3 Å². The number of aryl methyl sites for hydroxylation is 1. The fourth-order valence-corrected chi connectivity index (χ4v) is 2.10. The van der Waals surface area contributed by atoms with Crippen LogP contribution in [0.2, 0.25) is 0 Å². The van der Waals surface area contributed by atoms with Crippen molar-refractivity contribution < 1.29 is 4.74 Å². The minimum absolute atomic E-state index is 0.235. The Bertz CT molecular complexity index is 611. The number of ether oxygens (including phenoxy) is 1. The van der Waals surface area contributed by atoms with Gasteiger partial charge in [-0.05, 0) is 56.5 Å². The number of aromatic amines is 1. The van der Waals surface area contributed by atoms with Crippen molar-refractivity contribution in [1.82, 2.24) is 9.97 Å². The Labute approximate surface area is 114 Å². The number of H-pyrrole nitrogens is 1. The summed E-state index contributed by atoms with van der Waals surface area (Å²) in [6.07, 6.45) is 1.30. The van der Waals surface area contributed by atoms with E-state index in [0.717, 1.165) is 10.0 Å². The van der Waals surface area contributed by atoms with Crippen LogP contribution in [0.5, 0.6) is 11.6 Å². The van der Waals surface area contributed by atoms with Gasteiger partial charge in [0.25, 0.3) is 5.56 Å². The standard InChI is InChI=1S/C11H8Br2N2O2/c1-6-2-3-8(7(12)4-6)17-11-9(13)10(16)14-5-15-11/h2-5H,1H3,(H,14,15,16). The van der Waals surface area contributed by atoms with Crippen LogP contribution in [0.4, 0.5) is 0 Å². The van der Waals surface area contributed by atoms with Crippen LogP contribution >= 0.6 is 31.9 Å². The number of nitrogens with one attached hydrogen (secondary N) is 1. The van der Waals surface area contributed by atoms with Gasteiger partial charge in [-0.1, -0.05) is 6.07 Å². The first-order valence-electron chi connectivity index (χ1n) is 4.75. The molecule has 1 aromatic heterocycles. The van der Waals surface area contributed by atoms with E-state index in [2.05, 4.69) is 41.8 Å². The first-order valence-corrected chi connectivity index (χ1v) is 6.33. The summed E-state index contributed by atoms with van der Waals surface area (Å²) in [5.74, 6) is 0.840. The van der Waals surface area contributed by atoms with Gasteiger partial charge in [0.05, 0.1) is 10.8 Å². The minimum Gasteiger partial charge on any atom is -0.436 e. The van der Waals surface area contributed by atoms with Gasteiger partial charge in [0, 0.05) is 0 Å². The molecule has 1 N–H and O–H groups in total. The number of rotatable bonds is 2. The molecule has 0 aliphatic heterocycles. The second kappa shape index (κ2) is 5.01. The van der Waals surface area contributed by atoms with E-state index in [9.17, 15) is 4.79 Å². The maximum atomic E-state index is 11.3. The molecule has 0 atom stereocenters. The third kappa shape index (κ3) is 2.76. The quantitative estimate of drug-likeness (QED) is 0.894. The molecule has 0 bridgehead atoms. The molecular weight excluding hydrogens is 352 g/mol. The van der Waals surface area contributed by atoms with Crippen molar-refractivity contribution in [3.05, 3.63) is 49.4 Å². The van der Waals surface area contributed by atoms with Gasteiger partial charge in [0.1, 0.15) is 10.2 Å². The van der Waals surface area contributed by atoms with Gasteiger partial charge in [-0.15, -0.1) is 0 Å². The van der Waals surface area contributed by atoms with E-state index in [0.29, 0.717) is 5.75 Å². The molecular formula is C11H8Br2N2O2. The summed E-state index contributed by atoms with van der Waals surface area (Å²) >= 11 is 6.52. The predicted molar refractivity (Wildman–Crippen MR) is 71.5 cm³/mol. The number of halogens is 2. The normalized spacial score (nSPS) is 10.3. The fraction of sp³-hybridized carbons (Fsp3) is 0.0909. The van der Waals surface area contributed by atoms with Crippen LogP contribution < -0.4 is 10.3 Å². The second-order valence-corrected chi connectivity index (χ2v) is 5.03. The van der Waals surface area contributed by atoms with Crippen LogP contribution in [0.25, 0.3) is 0 Å². The van der Waals surface area contributed by atoms with Crippen molar-refractivity contribution in [2.45, 2.75) is 6.92 Å². The first kappa shape index (κ1) is 12.3. The highest BCUT2D eigenvalue weighted by Crippen LogP contribution is 2.31. The molecule has 88 valence electrons. The van der Waals surface area contributed by atoms with Gasteiger partial charge >= 0.3 is 0 Å². The van der Waals surface area contributed by atoms with Crippen molar-refractivity contribution in [2.24, 2.45) is 0 Å². The van der Waals surface area contributed by atoms with E-state index in [-0.39, 0.29) is 15.9 Å². The van der Waals surface area contributed by atoms with Gasteiger partial charge in [-0.2, -0.15) is 0 Å². The Morgan fingerprint density at radius 1 is 1.35 bits per heavy atom. The Hall–Kier alpha value is -1.14. The Kier molecular flexibility index (Phi) is 3.63. The van der Waals surface area contributed by atoms with Crippen LogP contribution in [0.3, 0.4) is 0 Å². The highest BCUT2D eigenvalue weighted by molar-refractivity contribution is 9.11. The van der Waals surface area contributed by atoms with Gasteiger partial charge in [0.15, 0.2) is 0 Å². The summed E-state index contributed by atoms with van der Waals surface area (Å²) in [5, 5.41) is 0. The van der Waals surface area contributed by atoms with Crippen LogP contribution in [-0.4, -0.2) is 9.97 Å². The molecule has 6 heteroatoms. The second-order valence-electron chi connectivity index (χ2n) is 3.39. The van der Waals surface area contributed by atoms with E-state index in [1.165, 1.54) is 6.33 Å². The van der Waals surface area contributed by atoms with Gasteiger partial charge in [-0.25, -0.2) is 4.98 Å². The molecule has 1 heterocycles. The molecule has 0 unspecified atom stereocenters. The molecule has 0 saturated carbocycles. The van der Waals surface area contributed by atoms with Crippen LogP contribution in [0, 0.1) is 6.92 Å². The molecule has 0 radical (unpaired) electrons. The molecule has 0 fully saturated rings. The zero-order chi connectivity index (χ0) is 12.4. The summed E-state index contributed by atoms with van der Waals surface area (Å²) < 4.78 is 6.63. The molecule has 1 aromatic carbocycles. The van der Waals surface area contributed by atoms with E-state index in [4.69, 9.17) is 4.74 Å². The molecule has 0 amide bonds. The van der Waals surface area contributed by atoms with E-state index < -0.39 is 0 Å². The summed E-state index contributed by atoms with van der Waals surface area (Å²) in [7, 11) is 0. The van der Waals surface area contributed by atoms with Gasteiger partial charge in [0.2, 0.25) is 5.88 Å². The molecule has 4 nitrogen and oxygen atoms in total. The molecule has 0 saturated heterocycles. The van der Waals surface area contributed by atoms with Crippen LogP contribution in [-0.2, 0) is 0 Å². The lowest BCUT2D eigenvalue weighted by Gasteiger charge is -2.07. The average Bonchev–Trinajstić information content (AvgIpc) is 2.28. The predicted octanol–water partition coefficient (Wildman–Crippen LogP) is 3.40. The number of hydrogen-bond donors (Lipinski definition) is 1. The largest absolute Gasteiger partial charge is 0.436 e. The van der Waals surface area contributed by atoms with Crippen LogP contribution in [0.1, 0.15) is 5.56 Å². The summed E-state index contributed by atoms with van der Waals surface area (Å²) in [5.41, 5.74) is 0.834. The average molecular weight is 360 g/mol. The third-order valence-electron chi connectivity index (χ3n) is 2.06. The maximum Gasteiger partial charge on any atom is 0.268 e. The molecule has 0 aliphatic rings. The van der Waals surface area contributed by atoms with Crippen molar-refractivity contribution in [3.8, 4) is 11.6 Å². The monoisotopic (exact) mass is 358 g/mol. The minimum atomic E-state index is -0.279.